The number of hydrogen-bond donors (Lipinski definition) is 1. The number of aromatic nitrogens is 8. The number of nitrogens with zero attached hydrogens (tertiary/aromatic N) is 8. The number of hydrogen-bond acceptors (Lipinski definition) is 8. The lowest BCUT2D eigenvalue weighted by molar-refractivity contribution is 0.756. The third-order valence-corrected chi connectivity index (χ3v) is 5.17. The quantitative estimate of drug-likeness (QED) is 0.433. The summed E-state index contributed by atoms with van der Waals surface area (Å²) in [5.74, 6) is 0.826. The first-order chi connectivity index (χ1) is 14.5. The molecule has 1 aromatic carbocycles. The Morgan fingerprint density at radius 1 is 1.13 bits per heavy atom. The zero-order valence-electron chi connectivity index (χ0n) is 15.9. The highest BCUT2D eigenvalue weighted by Crippen LogP contribution is 2.29. The van der Waals surface area contributed by atoms with Gasteiger partial charge in [0.25, 0.3) is 5.56 Å². The van der Waals surface area contributed by atoms with Crippen molar-refractivity contribution in [3.05, 3.63) is 63.5 Å². The minimum Gasteiger partial charge on any atom is -0.318 e. The highest BCUT2D eigenvalue weighted by Gasteiger charge is 2.18. The topological polar surface area (TPSA) is 116 Å². The van der Waals surface area contributed by atoms with Gasteiger partial charge in [-0.15, -0.1) is 5.10 Å². The van der Waals surface area contributed by atoms with Gasteiger partial charge in [-0.1, -0.05) is 6.07 Å². The predicted molar refractivity (Wildman–Crippen MR) is 115 cm³/mol. The van der Waals surface area contributed by atoms with Gasteiger partial charge in [-0.3, -0.25) is 14.5 Å². The molecule has 0 atom stereocenters. The fourth-order valence-corrected chi connectivity index (χ4v) is 3.65. The molecule has 5 aromatic rings. The number of nitrogens with one attached hydrogen (secondary N) is 1. The van der Waals surface area contributed by atoms with Crippen LogP contribution in [0.2, 0.25) is 0 Å². The van der Waals surface area contributed by atoms with Crippen LogP contribution in [-0.2, 0) is 7.05 Å². The van der Waals surface area contributed by atoms with Gasteiger partial charge in [-0.05, 0) is 35.0 Å². The first-order valence-corrected chi connectivity index (χ1v) is 9.73. The molecule has 10 nitrogen and oxygen atoms in total. The largest absolute Gasteiger partial charge is 0.318 e. The van der Waals surface area contributed by atoms with Gasteiger partial charge in [0.2, 0.25) is 5.95 Å². The molecule has 0 fully saturated rings. The standard InChI is InChI=1S/C19H14BrN9O/c1-10-12(9-28(2)26-10)16-25-17-11-4-3-5-13(20)15(11)24-19(29(17)27-16)23-14-8-21-6-7-22-18(14)30/h3-9H,1-2H3,(H,22,23,24,30). The molecule has 0 aliphatic heterocycles. The van der Waals surface area contributed by atoms with E-state index in [9.17, 15) is 4.79 Å². The van der Waals surface area contributed by atoms with Crippen molar-refractivity contribution in [2.45, 2.75) is 6.92 Å². The fourth-order valence-electron chi connectivity index (χ4n) is 3.20. The van der Waals surface area contributed by atoms with Crippen molar-refractivity contribution in [2.24, 2.45) is 7.05 Å². The first-order valence-electron chi connectivity index (χ1n) is 8.94. The maximum Gasteiger partial charge on any atom is 0.295 e. The Kier molecular flexibility index (Phi) is 4.24. The van der Waals surface area contributed by atoms with Crippen molar-refractivity contribution < 1.29 is 0 Å². The molecule has 148 valence electrons. The van der Waals surface area contributed by atoms with E-state index >= 15 is 0 Å². The number of anilines is 2. The molecule has 30 heavy (non-hydrogen) atoms. The van der Waals surface area contributed by atoms with Crippen LogP contribution in [0.5, 0.6) is 0 Å². The van der Waals surface area contributed by atoms with E-state index in [1.165, 1.54) is 18.6 Å². The molecule has 5 rings (SSSR count). The lowest BCUT2D eigenvalue weighted by Gasteiger charge is -2.08. The van der Waals surface area contributed by atoms with Gasteiger partial charge >= 0.3 is 0 Å². The highest BCUT2D eigenvalue weighted by molar-refractivity contribution is 9.10. The van der Waals surface area contributed by atoms with Crippen molar-refractivity contribution in [3.63, 3.8) is 0 Å². The van der Waals surface area contributed by atoms with Crippen molar-refractivity contribution in [1.82, 2.24) is 39.3 Å². The molecule has 0 aliphatic carbocycles. The van der Waals surface area contributed by atoms with Crippen LogP contribution in [0, 0.1) is 6.92 Å². The van der Waals surface area contributed by atoms with Gasteiger partial charge in [-0.25, -0.2) is 15.0 Å². The summed E-state index contributed by atoms with van der Waals surface area (Å²) >= 11 is 3.54. The number of para-hydroxylation sites is 1. The van der Waals surface area contributed by atoms with E-state index in [1.807, 2.05) is 38.4 Å². The molecule has 0 saturated carbocycles. The zero-order chi connectivity index (χ0) is 20.8. The van der Waals surface area contributed by atoms with Crippen LogP contribution >= 0.6 is 15.9 Å². The summed E-state index contributed by atoms with van der Waals surface area (Å²) in [6, 6.07) is 5.72. The molecule has 0 saturated heterocycles. The van der Waals surface area contributed by atoms with Crippen LogP contribution in [0.15, 0.2) is 52.3 Å². The summed E-state index contributed by atoms with van der Waals surface area (Å²) in [6.45, 7) is 1.90. The van der Waals surface area contributed by atoms with Crippen LogP contribution in [0.3, 0.4) is 0 Å². The average Bonchev–Trinajstić information content (AvgIpc) is 3.24. The summed E-state index contributed by atoms with van der Waals surface area (Å²) < 4.78 is 4.08. The summed E-state index contributed by atoms with van der Waals surface area (Å²) in [4.78, 5) is 29.5. The van der Waals surface area contributed by atoms with Gasteiger partial charge < -0.3 is 5.32 Å². The third-order valence-electron chi connectivity index (χ3n) is 4.53. The molecule has 0 spiro atoms. The van der Waals surface area contributed by atoms with E-state index in [2.05, 4.69) is 46.4 Å². The van der Waals surface area contributed by atoms with Gasteiger partial charge in [0.05, 0.1) is 23.0 Å². The van der Waals surface area contributed by atoms with E-state index < -0.39 is 5.56 Å². The Labute approximate surface area is 177 Å². The SMILES string of the molecule is Cc1nn(C)cc1-c1nc2c3cccc(Br)c3nc(Nc3cnccnc3=O)n2n1. The van der Waals surface area contributed by atoms with Crippen molar-refractivity contribution >= 4 is 44.1 Å². The minimum absolute atomic E-state index is 0.176. The molecule has 0 amide bonds. The van der Waals surface area contributed by atoms with E-state index in [-0.39, 0.29) is 5.69 Å². The Bertz CT molecular complexity index is 1490. The zero-order valence-corrected chi connectivity index (χ0v) is 17.5. The Balaban J connectivity index is 1.80. The number of aryl methyl sites for hydroxylation is 2. The lowest BCUT2D eigenvalue weighted by atomic mass is 10.2. The van der Waals surface area contributed by atoms with E-state index in [4.69, 9.17) is 4.98 Å². The lowest BCUT2D eigenvalue weighted by Crippen LogP contribution is -2.12. The van der Waals surface area contributed by atoms with Crippen molar-refractivity contribution in [3.8, 4) is 11.4 Å². The maximum absolute atomic E-state index is 12.3. The van der Waals surface area contributed by atoms with Gasteiger partial charge in [0.1, 0.15) is 5.69 Å². The van der Waals surface area contributed by atoms with E-state index in [0.717, 1.165) is 21.1 Å². The number of rotatable bonds is 3. The second-order valence-electron chi connectivity index (χ2n) is 6.59. The van der Waals surface area contributed by atoms with Crippen molar-refractivity contribution in [2.75, 3.05) is 5.32 Å². The average molecular weight is 464 g/mol. The number of benzene rings is 1. The summed E-state index contributed by atoms with van der Waals surface area (Å²) in [5, 5.41) is 12.8. The second kappa shape index (κ2) is 6.95. The van der Waals surface area contributed by atoms with Gasteiger partial charge in [-0.2, -0.15) is 9.61 Å². The molecule has 0 unspecified atom stereocenters. The molecular formula is C19H14BrN9O. The summed E-state index contributed by atoms with van der Waals surface area (Å²) in [6.07, 6.45) is 6.04. The Hall–Kier alpha value is -3.73. The molecule has 0 aliphatic rings. The monoisotopic (exact) mass is 463 g/mol. The Morgan fingerprint density at radius 3 is 2.80 bits per heavy atom. The molecule has 0 bridgehead atoms. The fraction of sp³-hybridized carbons (Fsp3) is 0.105. The van der Waals surface area contributed by atoms with Crippen LogP contribution in [0.1, 0.15) is 5.69 Å². The second-order valence-corrected chi connectivity index (χ2v) is 7.45. The molecule has 11 heteroatoms. The molecule has 4 aromatic heterocycles. The molecule has 1 N–H and O–H groups in total. The van der Waals surface area contributed by atoms with Crippen LogP contribution in [0.4, 0.5) is 11.6 Å². The predicted octanol–water partition coefficient (Wildman–Crippen LogP) is 2.64. The third kappa shape index (κ3) is 2.99. The summed E-state index contributed by atoms with van der Waals surface area (Å²) in [7, 11) is 1.85. The maximum atomic E-state index is 12.3. The van der Waals surface area contributed by atoms with E-state index in [1.54, 1.807) is 9.20 Å². The molecule has 0 radical (unpaired) electrons. The minimum atomic E-state index is -0.460. The molecular weight excluding hydrogens is 450 g/mol. The van der Waals surface area contributed by atoms with Crippen LogP contribution in [-0.4, -0.2) is 39.3 Å². The first kappa shape index (κ1) is 18.3. The van der Waals surface area contributed by atoms with Crippen molar-refractivity contribution in [1.29, 1.82) is 0 Å². The van der Waals surface area contributed by atoms with Crippen LogP contribution in [0.25, 0.3) is 27.9 Å². The Morgan fingerprint density at radius 2 is 2.00 bits per heavy atom. The van der Waals surface area contributed by atoms with Gasteiger partial charge in [0.15, 0.2) is 11.5 Å². The smallest absolute Gasteiger partial charge is 0.295 e. The molecule has 4 heterocycles. The normalized spacial score (nSPS) is 11.3. The highest BCUT2D eigenvalue weighted by atomic mass is 79.9. The van der Waals surface area contributed by atoms with Gasteiger partial charge in [0, 0.05) is 35.5 Å². The number of fused-ring (bicyclic) bond motifs is 3. The van der Waals surface area contributed by atoms with E-state index in [0.29, 0.717) is 22.9 Å². The summed E-state index contributed by atoms with van der Waals surface area (Å²) in [5.41, 5.74) is 2.62. The van der Waals surface area contributed by atoms with Crippen LogP contribution < -0.4 is 10.9 Å². The number of halogens is 1.